The Balaban J connectivity index is 0.000000112. The van der Waals surface area contributed by atoms with Gasteiger partial charge in [-0.3, -0.25) is 15.0 Å². The summed E-state index contributed by atoms with van der Waals surface area (Å²) in [6.07, 6.45) is 5.06. The van der Waals surface area contributed by atoms with Crippen molar-refractivity contribution < 1.29 is 0 Å². The predicted molar refractivity (Wildman–Crippen MR) is 515 cm³/mol. The van der Waals surface area contributed by atoms with Crippen LogP contribution in [-0.2, 0) is 16.2 Å². The van der Waals surface area contributed by atoms with Crippen molar-refractivity contribution in [1.82, 2.24) is 28.7 Å². The highest BCUT2D eigenvalue weighted by Gasteiger charge is 2.41. The maximum absolute atomic E-state index is 9.63. The highest BCUT2D eigenvalue weighted by Crippen LogP contribution is 2.57. The van der Waals surface area contributed by atoms with Crippen LogP contribution in [0.25, 0.3) is 183 Å². The van der Waals surface area contributed by atoms with Crippen molar-refractivity contribution >= 4 is 65.4 Å². The summed E-state index contributed by atoms with van der Waals surface area (Å²) < 4.78 is 7.23. The second-order valence-electron chi connectivity index (χ2n) is 34.7. The fourth-order valence-electron chi connectivity index (χ4n) is 20.9. The Bertz CT molecular complexity index is 8240. The minimum absolute atomic E-state index is 0.0951. The van der Waals surface area contributed by atoms with E-state index in [0.29, 0.717) is 22.4 Å². The van der Waals surface area contributed by atoms with E-state index in [4.69, 9.17) is 5.26 Å². The average molecular weight is 1610 g/mol. The molecular weight excluding hydrogens is 1530 g/mol. The van der Waals surface area contributed by atoms with E-state index in [1.807, 2.05) is 42.5 Å². The Morgan fingerprint density at radius 1 is 0.246 bits per heavy atom. The third kappa shape index (κ3) is 12.1. The van der Waals surface area contributed by atoms with E-state index in [-0.39, 0.29) is 16.2 Å². The van der Waals surface area contributed by atoms with Gasteiger partial charge in [-0.15, -0.1) is 0 Å². The molecule has 24 rings (SSSR count). The molecule has 0 fully saturated rings. The van der Waals surface area contributed by atoms with E-state index in [2.05, 4.69) is 398 Å². The van der Waals surface area contributed by atoms with Gasteiger partial charge in [-0.25, -0.2) is 0 Å². The van der Waals surface area contributed by atoms with Gasteiger partial charge in [-0.2, -0.15) is 15.8 Å². The summed E-state index contributed by atoms with van der Waals surface area (Å²) in [7, 11) is 0. The third-order valence-electron chi connectivity index (χ3n) is 26.5. The van der Waals surface area contributed by atoms with E-state index in [9.17, 15) is 10.5 Å². The molecule has 0 N–H and O–H groups in total. The highest BCUT2D eigenvalue weighted by atomic mass is 15.0. The van der Waals surface area contributed by atoms with E-state index < -0.39 is 0 Å². The maximum atomic E-state index is 9.63. The largest absolute Gasteiger partial charge is 0.309 e. The topological polar surface area (TPSA) is 125 Å². The first-order chi connectivity index (χ1) is 61.6. The van der Waals surface area contributed by atoms with Gasteiger partial charge in [-0.1, -0.05) is 278 Å². The van der Waals surface area contributed by atoms with Crippen molar-refractivity contribution in [3.63, 3.8) is 0 Å². The minimum atomic E-state index is -0.101. The van der Waals surface area contributed by atoms with Crippen molar-refractivity contribution in [2.75, 3.05) is 0 Å². The van der Waals surface area contributed by atoms with Crippen LogP contribution in [0.2, 0.25) is 0 Å². The number of hydrogen-bond acceptors (Lipinski definition) is 6. The molecule has 6 aromatic heterocycles. The van der Waals surface area contributed by atoms with Crippen LogP contribution in [0.4, 0.5) is 0 Å². The molecule has 0 amide bonds. The lowest BCUT2D eigenvalue weighted by Gasteiger charge is -2.22. The van der Waals surface area contributed by atoms with Crippen LogP contribution in [0.5, 0.6) is 0 Å². The van der Waals surface area contributed by atoms with E-state index >= 15 is 0 Å². The van der Waals surface area contributed by atoms with Crippen molar-refractivity contribution in [1.29, 1.82) is 15.8 Å². The average Bonchev–Trinajstić information content (AvgIpc) is 1.55. The van der Waals surface area contributed by atoms with E-state index in [1.165, 1.54) is 132 Å². The van der Waals surface area contributed by atoms with Crippen LogP contribution in [0.3, 0.4) is 0 Å². The molecule has 0 bridgehead atoms. The number of benzene rings is 15. The summed E-state index contributed by atoms with van der Waals surface area (Å²) in [5.74, 6) is 0. The van der Waals surface area contributed by atoms with Gasteiger partial charge in [0.2, 0.25) is 0 Å². The van der Waals surface area contributed by atoms with Gasteiger partial charge in [0.05, 0.1) is 72.9 Å². The van der Waals surface area contributed by atoms with Gasteiger partial charge in [0, 0.05) is 101 Å². The molecule has 126 heavy (non-hydrogen) atoms. The molecular formula is C117H81N9. The lowest BCUT2D eigenvalue weighted by molar-refractivity contribution is 0.666. The molecule has 0 spiro atoms. The van der Waals surface area contributed by atoms with Crippen LogP contribution >= 0.6 is 0 Å². The van der Waals surface area contributed by atoms with Gasteiger partial charge in [0.15, 0.2) is 0 Å². The van der Waals surface area contributed by atoms with Gasteiger partial charge < -0.3 is 13.7 Å². The Kier molecular flexibility index (Phi) is 17.9. The Morgan fingerprint density at radius 3 is 1.02 bits per heavy atom. The maximum Gasteiger partial charge on any atom is 0.101 e. The van der Waals surface area contributed by atoms with Crippen molar-refractivity contribution in [2.45, 2.75) is 57.8 Å². The lowest BCUT2D eigenvalue weighted by Crippen LogP contribution is -2.15. The van der Waals surface area contributed by atoms with Crippen molar-refractivity contribution in [3.05, 3.63) is 433 Å². The number of nitriles is 3. The standard InChI is InChI=1S/3C39H27N3/c1-39(2)33-17-5-3-15-30(33)31-19-20-35-36(37(31)39)32-16-4-6-18-34(32)42(35)29-14-8-11-26(23-29)25-10-7-12-27(22-25)38-28(24-40)13-9-21-41-38;1-39(2)33-15-5-3-13-30(33)31-18-20-36-37(38(31)39)32-14-4-6-16-35(32)42(36)29-12-8-10-27(22-29)26-9-7-11-28(21-26)34-19-17-25(23-40)24-41-34;1-39(2)33-15-5-3-13-30(33)31-17-18-36-37(38(31)39)32-14-4-6-16-35(32)42(36)29-12-8-10-27(23-29)26-9-7-11-28(22-26)34-21-25(24-40)19-20-41-34/h3-23H,1-2H3;3-22,24H,1-2H3;3-23H,1-2H3. The van der Waals surface area contributed by atoms with E-state index in [1.54, 1.807) is 30.7 Å². The number of fused-ring (bicyclic) bond motifs is 21. The lowest BCUT2D eigenvalue weighted by atomic mass is 9.80. The number of pyridine rings is 3. The van der Waals surface area contributed by atoms with Gasteiger partial charge in [0.1, 0.15) is 12.1 Å². The van der Waals surface area contributed by atoms with Crippen LogP contribution in [0, 0.1) is 34.0 Å². The molecule has 0 saturated heterocycles. The summed E-state index contributed by atoms with van der Waals surface area (Å²) in [6.45, 7) is 14.2. The second kappa shape index (κ2) is 29.8. The molecule has 594 valence electrons. The molecule has 15 aromatic carbocycles. The zero-order chi connectivity index (χ0) is 85.3. The fourth-order valence-corrected chi connectivity index (χ4v) is 20.9. The molecule has 3 aliphatic rings. The minimum Gasteiger partial charge on any atom is -0.309 e. The normalized spacial score (nSPS) is 13.2. The first-order valence-electron chi connectivity index (χ1n) is 42.9. The third-order valence-corrected chi connectivity index (χ3v) is 26.5. The monoisotopic (exact) mass is 1610 g/mol. The molecule has 0 unspecified atom stereocenters. The molecule has 9 heteroatoms. The number of aromatic nitrogens is 6. The SMILES string of the molecule is CC1(C)c2ccccc2-c2ccc3c(c21)c1ccccc1n3-c1cccc(-c2cccc(-c3cc(C#N)ccn3)c2)c1.CC1(C)c2ccccc2-c2ccc3c(c21)c1ccccc1n3-c1cccc(-c2cccc(-c3ccc(C#N)cn3)c2)c1.CC1(C)c2ccccc2-c2ccc3c(c21)c1ccccc1n3-c1cccc(-c2cccc(-c3ncccc3C#N)c2)c1. The summed E-state index contributed by atoms with van der Waals surface area (Å²) in [6, 6.07) is 136. The first-order valence-corrected chi connectivity index (χ1v) is 42.9. The molecule has 21 aromatic rings. The molecule has 3 aliphatic carbocycles. The predicted octanol–water partition coefficient (Wildman–Crippen LogP) is 29.1. The Hall–Kier alpha value is -16.4. The van der Waals surface area contributed by atoms with Crippen LogP contribution in [-0.4, -0.2) is 28.7 Å². The van der Waals surface area contributed by atoms with Gasteiger partial charge >= 0.3 is 0 Å². The first kappa shape index (κ1) is 75.8. The zero-order valence-corrected chi connectivity index (χ0v) is 70.4. The van der Waals surface area contributed by atoms with Crippen LogP contribution < -0.4 is 0 Å². The molecule has 0 radical (unpaired) electrons. The summed E-state index contributed by atoms with van der Waals surface area (Å²) in [4.78, 5) is 13.5. The highest BCUT2D eigenvalue weighted by molar-refractivity contribution is 6.17. The second-order valence-corrected chi connectivity index (χ2v) is 34.7. The van der Waals surface area contributed by atoms with Gasteiger partial charge in [0.25, 0.3) is 0 Å². The number of hydrogen-bond donors (Lipinski definition) is 0. The molecule has 0 saturated carbocycles. The van der Waals surface area contributed by atoms with Gasteiger partial charge in [-0.05, 0) is 228 Å². The number of nitrogens with zero attached hydrogens (tertiary/aromatic N) is 9. The molecule has 0 atom stereocenters. The Morgan fingerprint density at radius 2 is 0.611 bits per heavy atom. The zero-order valence-electron chi connectivity index (χ0n) is 70.4. The van der Waals surface area contributed by atoms with Crippen molar-refractivity contribution in [3.8, 4) is 136 Å². The number of para-hydroxylation sites is 3. The fraction of sp³-hybridized carbons (Fsp3) is 0.0769. The summed E-state index contributed by atoms with van der Waals surface area (Å²) in [5, 5.41) is 36.0. The molecule has 0 aliphatic heterocycles. The molecule has 9 nitrogen and oxygen atoms in total. The summed E-state index contributed by atoms with van der Waals surface area (Å²) >= 11 is 0. The van der Waals surface area contributed by atoms with E-state index in [0.717, 1.165) is 78.5 Å². The van der Waals surface area contributed by atoms with Crippen LogP contribution in [0.1, 0.15) is 91.6 Å². The van der Waals surface area contributed by atoms with Crippen molar-refractivity contribution in [2.24, 2.45) is 0 Å². The number of rotatable bonds is 9. The quantitative estimate of drug-likeness (QED) is 0.142. The Labute approximate surface area is 731 Å². The molecule has 6 heterocycles. The summed E-state index contributed by atoms with van der Waals surface area (Å²) in [5.41, 5.74) is 40.6. The van der Waals surface area contributed by atoms with Crippen LogP contribution in [0.15, 0.2) is 383 Å². The smallest absolute Gasteiger partial charge is 0.101 e.